The quantitative estimate of drug-likeness (QED) is 0.597. The molecule has 6 nitrogen and oxygen atoms in total. The number of aromatic amines is 1. The summed E-state index contributed by atoms with van der Waals surface area (Å²) in [7, 11) is 0. The average molecular weight is 276 g/mol. The van der Waals surface area contributed by atoms with Gasteiger partial charge in [-0.1, -0.05) is 6.92 Å². The van der Waals surface area contributed by atoms with E-state index in [0.29, 0.717) is 13.0 Å². The van der Waals surface area contributed by atoms with Gasteiger partial charge in [0.15, 0.2) is 0 Å². The van der Waals surface area contributed by atoms with Crippen molar-refractivity contribution in [3.05, 3.63) is 36.3 Å². The van der Waals surface area contributed by atoms with Gasteiger partial charge in [0.05, 0.1) is 30.6 Å². The largest absolute Gasteiger partial charge is 0.394 e. The maximum absolute atomic E-state index is 9.44. The van der Waals surface area contributed by atoms with Crippen LogP contribution in [0, 0.1) is 0 Å². The molecule has 0 aliphatic rings. The summed E-state index contributed by atoms with van der Waals surface area (Å²) in [5.41, 5.74) is 2.16. The lowest BCUT2D eigenvalue weighted by Gasteiger charge is -2.29. The molecule has 0 unspecified atom stereocenters. The molecule has 0 spiro atoms. The SMILES string of the molecule is CCC(CO)(CO)NCc1cn[nH]c1-c1cccnc1. The Balaban J connectivity index is 2.14. The summed E-state index contributed by atoms with van der Waals surface area (Å²) in [5, 5.41) is 29.1. The number of aromatic nitrogens is 3. The van der Waals surface area contributed by atoms with Crippen molar-refractivity contribution in [3.8, 4) is 11.3 Å². The second-order valence-electron chi connectivity index (χ2n) is 4.82. The Morgan fingerprint density at radius 3 is 2.70 bits per heavy atom. The monoisotopic (exact) mass is 276 g/mol. The lowest BCUT2D eigenvalue weighted by atomic mass is 9.98. The molecule has 6 heteroatoms. The van der Waals surface area contributed by atoms with Gasteiger partial charge in [0.25, 0.3) is 0 Å². The smallest absolute Gasteiger partial charge is 0.0710 e. The van der Waals surface area contributed by atoms with E-state index in [-0.39, 0.29) is 13.2 Å². The third-order valence-electron chi connectivity index (χ3n) is 3.60. The molecule has 0 saturated carbocycles. The summed E-state index contributed by atoms with van der Waals surface area (Å²) in [6.45, 7) is 2.21. The van der Waals surface area contributed by atoms with E-state index in [1.807, 2.05) is 19.1 Å². The van der Waals surface area contributed by atoms with E-state index >= 15 is 0 Å². The van der Waals surface area contributed by atoms with Gasteiger partial charge in [-0.15, -0.1) is 0 Å². The van der Waals surface area contributed by atoms with E-state index < -0.39 is 5.54 Å². The Morgan fingerprint density at radius 2 is 2.10 bits per heavy atom. The summed E-state index contributed by atoms with van der Waals surface area (Å²) in [4.78, 5) is 4.09. The number of rotatable bonds is 7. The topological polar surface area (TPSA) is 94.1 Å². The van der Waals surface area contributed by atoms with Crippen molar-refractivity contribution in [1.29, 1.82) is 0 Å². The summed E-state index contributed by atoms with van der Waals surface area (Å²) < 4.78 is 0. The molecular weight excluding hydrogens is 256 g/mol. The van der Waals surface area contributed by atoms with Crippen molar-refractivity contribution >= 4 is 0 Å². The van der Waals surface area contributed by atoms with Crippen LogP contribution in [0.3, 0.4) is 0 Å². The number of aliphatic hydroxyl groups is 2. The fourth-order valence-electron chi connectivity index (χ4n) is 2.00. The molecule has 0 aliphatic carbocycles. The van der Waals surface area contributed by atoms with Crippen molar-refractivity contribution in [1.82, 2.24) is 20.5 Å². The second kappa shape index (κ2) is 6.60. The zero-order chi connectivity index (χ0) is 14.4. The Kier molecular flexibility index (Phi) is 4.84. The van der Waals surface area contributed by atoms with E-state index in [2.05, 4.69) is 20.5 Å². The van der Waals surface area contributed by atoms with Crippen molar-refractivity contribution in [2.75, 3.05) is 13.2 Å². The predicted molar refractivity (Wildman–Crippen MR) is 75.9 cm³/mol. The van der Waals surface area contributed by atoms with Crippen LogP contribution in [0.2, 0.25) is 0 Å². The van der Waals surface area contributed by atoms with Crippen LogP contribution >= 0.6 is 0 Å². The van der Waals surface area contributed by atoms with Crippen molar-refractivity contribution in [3.63, 3.8) is 0 Å². The normalized spacial score (nSPS) is 11.8. The average Bonchev–Trinajstić information content (AvgIpc) is 2.99. The Labute approximate surface area is 117 Å². The van der Waals surface area contributed by atoms with Gasteiger partial charge in [0.2, 0.25) is 0 Å². The maximum atomic E-state index is 9.44. The number of hydrogen-bond donors (Lipinski definition) is 4. The lowest BCUT2D eigenvalue weighted by molar-refractivity contribution is 0.0864. The molecule has 0 amide bonds. The molecular formula is C14H20N4O2. The Bertz CT molecular complexity index is 515. The van der Waals surface area contributed by atoms with E-state index in [4.69, 9.17) is 0 Å². The van der Waals surface area contributed by atoms with E-state index in [1.54, 1.807) is 18.6 Å². The molecule has 4 N–H and O–H groups in total. The van der Waals surface area contributed by atoms with Gasteiger partial charge in [-0.25, -0.2) is 0 Å². The molecule has 108 valence electrons. The summed E-state index contributed by atoms with van der Waals surface area (Å²) in [5.74, 6) is 0. The number of aliphatic hydroxyl groups excluding tert-OH is 2. The molecule has 0 aliphatic heterocycles. The van der Waals surface area contributed by atoms with Crippen LogP contribution in [0.5, 0.6) is 0 Å². The zero-order valence-corrected chi connectivity index (χ0v) is 11.5. The first-order valence-electron chi connectivity index (χ1n) is 6.64. The first-order valence-corrected chi connectivity index (χ1v) is 6.64. The van der Waals surface area contributed by atoms with Gasteiger partial charge in [-0.2, -0.15) is 5.10 Å². The molecule has 0 bridgehead atoms. The number of pyridine rings is 1. The standard InChI is InChI=1S/C14H20N4O2/c1-2-14(9-19,10-20)16-7-12-8-17-18-13(12)11-4-3-5-15-6-11/h3-6,8,16,19-20H,2,7,9-10H2,1H3,(H,17,18). The van der Waals surface area contributed by atoms with E-state index in [0.717, 1.165) is 16.8 Å². The highest BCUT2D eigenvalue weighted by Gasteiger charge is 2.26. The van der Waals surface area contributed by atoms with Gasteiger partial charge in [0, 0.05) is 30.1 Å². The third kappa shape index (κ3) is 3.04. The van der Waals surface area contributed by atoms with Crippen molar-refractivity contribution in [2.24, 2.45) is 0 Å². The van der Waals surface area contributed by atoms with Gasteiger partial charge in [-0.3, -0.25) is 10.1 Å². The van der Waals surface area contributed by atoms with Crippen molar-refractivity contribution < 1.29 is 10.2 Å². The fourth-order valence-corrected chi connectivity index (χ4v) is 2.00. The summed E-state index contributed by atoms with van der Waals surface area (Å²) in [6.07, 6.45) is 5.87. The maximum Gasteiger partial charge on any atom is 0.0710 e. The molecule has 2 heterocycles. The number of nitrogens with zero attached hydrogens (tertiary/aromatic N) is 2. The minimum absolute atomic E-state index is 0.111. The molecule has 2 rings (SSSR count). The van der Waals surface area contributed by atoms with E-state index in [1.165, 1.54) is 0 Å². The molecule has 0 saturated heterocycles. The predicted octanol–water partition coefficient (Wildman–Crippen LogP) is 0.695. The molecule has 0 fully saturated rings. The van der Waals surface area contributed by atoms with Gasteiger partial charge in [0.1, 0.15) is 0 Å². The Morgan fingerprint density at radius 1 is 1.30 bits per heavy atom. The highest BCUT2D eigenvalue weighted by molar-refractivity contribution is 5.61. The minimum atomic E-state index is -0.663. The van der Waals surface area contributed by atoms with Crippen LogP contribution in [-0.2, 0) is 6.54 Å². The van der Waals surface area contributed by atoms with Gasteiger partial charge in [-0.05, 0) is 18.6 Å². The first kappa shape index (κ1) is 14.6. The zero-order valence-electron chi connectivity index (χ0n) is 11.5. The van der Waals surface area contributed by atoms with Crippen LogP contribution in [0.25, 0.3) is 11.3 Å². The minimum Gasteiger partial charge on any atom is -0.394 e. The van der Waals surface area contributed by atoms with Crippen LogP contribution in [0.15, 0.2) is 30.7 Å². The fraction of sp³-hybridized carbons (Fsp3) is 0.429. The summed E-state index contributed by atoms with van der Waals surface area (Å²) >= 11 is 0. The summed E-state index contributed by atoms with van der Waals surface area (Å²) in [6, 6.07) is 3.82. The molecule has 0 aromatic carbocycles. The number of nitrogens with one attached hydrogen (secondary N) is 2. The molecule has 0 radical (unpaired) electrons. The van der Waals surface area contributed by atoms with Crippen LogP contribution in [0.1, 0.15) is 18.9 Å². The van der Waals surface area contributed by atoms with Gasteiger partial charge >= 0.3 is 0 Å². The molecule has 0 atom stereocenters. The molecule has 2 aromatic rings. The number of H-pyrrole nitrogens is 1. The lowest BCUT2D eigenvalue weighted by Crippen LogP contribution is -2.50. The second-order valence-corrected chi connectivity index (χ2v) is 4.82. The van der Waals surface area contributed by atoms with Crippen molar-refractivity contribution in [2.45, 2.75) is 25.4 Å². The van der Waals surface area contributed by atoms with Crippen LogP contribution < -0.4 is 5.32 Å². The highest BCUT2D eigenvalue weighted by Crippen LogP contribution is 2.20. The molecule has 20 heavy (non-hydrogen) atoms. The Hall–Kier alpha value is -1.76. The van der Waals surface area contributed by atoms with Gasteiger partial charge < -0.3 is 15.5 Å². The van der Waals surface area contributed by atoms with Crippen LogP contribution in [-0.4, -0.2) is 44.1 Å². The third-order valence-corrected chi connectivity index (χ3v) is 3.60. The highest BCUT2D eigenvalue weighted by atomic mass is 16.3. The van der Waals surface area contributed by atoms with E-state index in [9.17, 15) is 10.2 Å². The van der Waals surface area contributed by atoms with Crippen LogP contribution in [0.4, 0.5) is 0 Å². The number of hydrogen-bond acceptors (Lipinski definition) is 5. The molecule has 2 aromatic heterocycles. The first-order chi connectivity index (χ1) is 9.74.